The van der Waals surface area contributed by atoms with Crippen LogP contribution in [0.15, 0.2) is 53.0 Å². The van der Waals surface area contributed by atoms with Gasteiger partial charge in [-0.3, -0.25) is 4.79 Å². The van der Waals surface area contributed by atoms with Gasteiger partial charge in [-0.15, -0.1) is 23.1 Å². The molecule has 6 nitrogen and oxygen atoms in total. The number of pyridine rings is 1. The molecule has 36 heavy (non-hydrogen) atoms. The van der Waals surface area contributed by atoms with Gasteiger partial charge in [0.15, 0.2) is 0 Å². The molecule has 0 saturated carbocycles. The average molecular weight is 520 g/mol. The van der Waals surface area contributed by atoms with Gasteiger partial charge in [-0.1, -0.05) is 12.1 Å². The number of amides is 1. The molecule has 0 radical (unpaired) electrons. The molecule has 188 valence electrons. The molecule has 0 unspecified atom stereocenters. The van der Waals surface area contributed by atoms with Crippen molar-refractivity contribution in [1.82, 2.24) is 14.9 Å². The number of nitrogens with zero attached hydrogens (tertiary/aromatic N) is 5. The molecule has 2 aromatic heterocycles. The molecule has 1 aliphatic rings. The minimum atomic E-state index is 0.0532. The van der Waals surface area contributed by atoms with E-state index in [4.69, 9.17) is 10.2 Å². The van der Waals surface area contributed by atoms with E-state index in [1.54, 1.807) is 29.3 Å². The number of carbonyl (C=O) groups excluding carboxylic acids is 1. The maximum absolute atomic E-state index is 13.3. The molecule has 4 rings (SSSR count). The predicted octanol–water partition coefficient (Wildman–Crippen LogP) is 6.47. The Labute approximate surface area is 222 Å². The molecule has 0 N–H and O–H groups in total. The van der Waals surface area contributed by atoms with E-state index in [0.717, 1.165) is 67.5 Å². The lowest BCUT2D eigenvalue weighted by atomic mass is 9.97. The summed E-state index contributed by atoms with van der Waals surface area (Å²) in [6.45, 7) is 7.81. The number of hydrogen-bond acceptors (Lipinski definition) is 7. The lowest BCUT2D eigenvalue weighted by molar-refractivity contribution is 0.0708. The molecular formula is C28H33N5OS2. The number of anilines is 1. The number of rotatable bonds is 10. The number of likely N-dealkylation sites (tertiary alicyclic amines) is 1. The highest BCUT2D eigenvalue weighted by Gasteiger charge is 2.27. The van der Waals surface area contributed by atoms with Crippen molar-refractivity contribution in [3.8, 4) is 17.3 Å². The zero-order valence-corrected chi connectivity index (χ0v) is 22.7. The summed E-state index contributed by atoms with van der Waals surface area (Å²) in [5.74, 6) is 1.23. The molecule has 0 aliphatic carbocycles. The number of carbonyl (C=O) groups is 1. The molecular weight excluding hydrogens is 486 g/mol. The van der Waals surface area contributed by atoms with E-state index >= 15 is 0 Å². The molecule has 1 saturated heterocycles. The van der Waals surface area contributed by atoms with E-state index in [1.807, 2.05) is 17.0 Å². The molecule has 1 amide bonds. The predicted molar refractivity (Wildman–Crippen MR) is 149 cm³/mol. The summed E-state index contributed by atoms with van der Waals surface area (Å²) in [6, 6.07) is 14.5. The highest BCUT2D eigenvalue weighted by atomic mass is 32.2. The van der Waals surface area contributed by atoms with Crippen molar-refractivity contribution in [2.75, 3.05) is 36.8 Å². The Morgan fingerprint density at radius 2 is 1.94 bits per heavy atom. The summed E-state index contributed by atoms with van der Waals surface area (Å²) in [5, 5.41) is 12.8. The normalized spacial score (nSPS) is 14.0. The van der Waals surface area contributed by atoms with E-state index in [1.165, 1.54) is 10.7 Å². The van der Waals surface area contributed by atoms with Gasteiger partial charge in [-0.05, 0) is 57.4 Å². The van der Waals surface area contributed by atoms with Crippen LogP contribution in [0.4, 0.5) is 5.69 Å². The van der Waals surface area contributed by atoms with Crippen molar-refractivity contribution in [2.45, 2.75) is 50.5 Å². The smallest absolute Gasteiger partial charge is 0.256 e. The Bertz CT molecular complexity index is 1180. The van der Waals surface area contributed by atoms with Gasteiger partial charge in [-0.25, -0.2) is 9.97 Å². The highest BCUT2D eigenvalue weighted by molar-refractivity contribution is 7.99. The fourth-order valence-electron chi connectivity index (χ4n) is 4.53. The molecule has 8 heteroatoms. The summed E-state index contributed by atoms with van der Waals surface area (Å²) in [6.07, 6.45) is 4.89. The lowest BCUT2D eigenvalue weighted by Gasteiger charge is -2.31. The molecule has 0 atom stereocenters. The first-order valence-corrected chi connectivity index (χ1v) is 14.6. The third kappa shape index (κ3) is 6.26. The number of aromatic nitrogens is 2. The van der Waals surface area contributed by atoms with Crippen LogP contribution in [0.25, 0.3) is 11.3 Å². The van der Waals surface area contributed by atoms with E-state index < -0.39 is 0 Å². The number of hydrogen-bond donors (Lipinski definition) is 0. The van der Waals surface area contributed by atoms with Crippen LogP contribution in [-0.4, -0.2) is 52.7 Å². The van der Waals surface area contributed by atoms with Crippen LogP contribution in [0.2, 0.25) is 0 Å². The first-order valence-electron chi connectivity index (χ1n) is 12.7. The Hall–Kier alpha value is -2.89. The van der Waals surface area contributed by atoms with Gasteiger partial charge in [0.25, 0.3) is 5.91 Å². The molecule has 1 fully saturated rings. The quantitative estimate of drug-likeness (QED) is 0.226. The van der Waals surface area contributed by atoms with Crippen LogP contribution in [0.3, 0.4) is 0 Å². The van der Waals surface area contributed by atoms with Crippen molar-refractivity contribution in [3.63, 3.8) is 0 Å². The van der Waals surface area contributed by atoms with E-state index in [-0.39, 0.29) is 5.91 Å². The average Bonchev–Trinajstić information content (AvgIpc) is 3.43. The number of piperidine rings is 1. The highest BCUT2D eigenvalue weighted by Crippen LogP contribution is 2.34. The third-order valence-corrected chi connectivity index (χ3v) is 8.72. The van der Waals surface area contributed by atoms with Crippen LogP contribution in [0.5, 0.6) is 0 Å². The van der Waals surface area contributed by atoms with Gasteiger partial charge in [0.2, 0.25) is 0 Å². The topological polar surface area (TPSA) is 73.1 Å². The van der Waals surface area contributed by atoms with Crippen LogP contribution in [0, 0.1) is 11.3 Å². The number of benzene rings is 1. The van der Waals surface area contributed by atoms with E-state index in [0.29, 0.717) is 17.9 Å². The summed E-state index contributed by atoms with van der Waals surface area (Å²) in [7, 11) is 0. The summed E-state index contributed by atoms with van der Waals surface area (Å²) in [4.78, 5) is 27.0. The van der Waals surface area contributed by atoms with Gasteiger partial charge < -0.3 is 9.80 Å². The SMILES string of the molecule is CCN(CC)c1ccc(-c2csc(C3CCN(C(=O)c4cccnc4SCCCC#N)CC3)n2)cc1. The second kappa shape index (κ2) is 12.9. The minimum Gasteiger partial charge on any atom is -0.372 e. The number of nitriles is 1. The van der Waals surface area contributed by atoms with Crippen LogP contribution >= 0.6 is 23.1 Å². The summed E-state index contributed by atoms with van der Waals surface area (Å²) >= 11 is 3.29. The molecule has 3 aromatic rings. The second-order valence-electron chi connectivity index (χ2n) is 8.82. The number of thioether (sulfide) groups is 1. The van der Waals surface area contributed by atoms with Crippen molar-refractivity contribution in [2.24, 2.45) is 0 Å². The van der Waals surface area contributed by atoms with Gasteiger partial charge in [0.05, 0.1) is 22.3 Å². The lowest BCUT2D eigenvalue weighted by Crippen LogP contribution is -2.38. The Balaban J connectivity index is 1.35. The molecule has 0 spiro atoms. The largest absolute Gasteiger partial charge is 0.372 e. The molecule has 3 heterocycles. The zero-order valence-electron chi connectivity index (χ0n) is 21.0. The van der Waals surface area contributed by atoms with Crippen LogP contribution in [-0.2, 0) is 0 Å². The fraction of sp³-hybridized carbons (Fsp3) is 0.429. The second-order valence-corrected chi connectivity index (χ2v) is 10.8. The number of thiazole rings is 1. The monoisotopic (exact) mass is 519 g/mol. The Morgan fingerprint density at radius 1 is 1.19 bits per heavy atom. The molecule has 0 bridgehead atoms. The summed E-state index contributed by atoms with van der Waals surface area (Å²) < 4.78 is 0. The molecule has 1 aliphatic heterocycles. The van der Waals surface area contributed by atoms with Crippen molar-refractivity contribution < 1.29 is 4.79 Å². The standard InChI is InChI=1S/C28H33N5OS2/c1-3-32(4-2)23-11-9-21(10-12-23)25-20-36-26(31-25)22-13-17-33(18-14-22)28(34)24-8-7-16-30-27(24)35-19-6-5-15-29/h7-12,16,20,22H,3-6,13-14,17-19H2,1-2H3. The maximum atomic E-state index is 13.3. The van der Waals surface area contributed by atoms with Gasteiger partial charge in [0, 0.05) is 67.1 Å². The van der Waals surface area contributed by atoms with Crippen molar-refractivity contribution in [1.29, 1.82) is 5.26 Å². The Kier molecular flexibility index (Phi) is 9.37. The van der Waals surface area contributed by atoms with Crippen molar-refractivity contribution in [3.05, 3.63) is 58.5 Å². The van der Waals surface area contributed by atoms with Gasteiger partial charge in [-0.2, -0.15) is 5.26 Å². The molecule has 1 aromatic carbocycles. The van der Waals surface area contributed by atoms with Gasteiger partial charge in [0.1, 0.15) is 5.03 Å². The first-order chi connectivity index (χ1) is 17.6. The minimum absolute atomic E-state index is 0.0532. The summed E-state index contributed by atoms with van der Waals surface area (Å²) in [5.41, 5.74) is 4.10. The maximum Gasteiger partial charge on any atom is 0.256 e. The van der Waals surface area contributed by atoms with E-state index in [2.05, 4.69) is 59.4 Å². The number of unbranched alkanes of at least 4 members (excludes halogenated alkanes) is 1. The third-order valence-electron chi connectivity index (χ3n) is 6.62. The van der Waals surface area contributed by atoms with Gasteiger partial charge >= 0.3 is 0 Å². The first kappa shape index (κ1) is 26.2. The fourth-order valence-corrected chi connectivity index (χ4v) is 6.46. The Morgan fingerprint density at radius 3 is 2.64 bits per heavy atom. The van der Waals surface area contributed by atoms with Crippen LogP contribution in [0.1, 0.15) is 60.8 Å². The van der Waals surface area contributed by atoms with Crippen molar-refractivity contribution >= 4 is 34.7 Å². The van der Waals surface area contributed by atoms with E-state index in [9.17, 15) is 4.79 Å². The van der Waals surface area contributed by atoms with Crippen LogP contribution < -0.4 is 4.90 Å². The zero-order chi connectivity index (χ0) is 25.3.